The van der Waals surface area contributed by atoms with Crippen LogP contribution in [0.1, 0.15) is 10.4 Å². The zero-order chi connectivity index (χ0) is 24.9. The van der Waals surface area contributed by atoms with Crippen molar-refractivity contribution >= 4 is 27.8 Å². The van der Waals surface area contributed by atoms with Crippen LogP contribution in [0.4, 0.5) is 5.95 Å². The van der Waals surface area contributed by atoms with Gasteiger partial charge in [0.05, 0.1) is 31.2 Å². The van der Waals surface area contributed by atoms with E-state index < -0.39 is 21.8 Å². The Morgan fingerprint density at radius 1 is 1.09 bits per heavy atom. The first-order valence-corrected chi connectivity index (χ1v) is 11.3. The summed E-state index contributed by atoms with van der Waals surface area (Å²) in [6.07, 6.45) is 0. The molecule has 3 rings (SSSR count). The molecule has 0 aliphatic carbocycles. The molecule has 0 radical (unpaired) electrons. The number of methoxy groups -OCH3 is 2. The summed E-state index contributed by atoms with van der Waals surface area (Å²) in [6, 6.07) is 10.7. The number of aromatic nitrogens is 3. The quantitative estimate of drug-likeness (QED) is 0.404. The van der Waals surface area contributed by atoms with Gasteiger partial charge in [-0.2, -0.15) is 4.98 Å². The van der Waals surface area contributed by atoms with Crippen molar-refractivity contribution in [3.63, 3.8) is 0 Å². The third-order valence-electron chi connectivity index (χ3n) is 4.68. The summed E-state index contributed by atoms with van der Waals surface area (Å²) in [5, 5.41) is 11.6. The van der Waals surface area contributed by atoms with E-state index >= 15 is 0 Å². The summed E-state index contributed by atoms with van der Waals surface area (Å²) in [4.78, 5) is 28.8. The molecule has 0 aliphatic rings. The smallest absolute Gasteiger partial charge is 0.251 e. The maximum atomic E-state index is 12.4. The van der Waals surface area contributed by atoms with E-state index in [2.05, 4.69) is 25.8 Å². The van der Waals surface area contributed by atoms with Crippen molar-refractivity contribution in [1.29, 1.82) is 0 Å². The summed E-state index contributed by atoms with van der Waals surface area (Å²) in [6.45, 7) is -0.376. The highest BCUT2D eigenvalue weighted by Crippen LogP contribution is 2.31. The standard InChI is InChI=1S/C21H24N6O6S/c1-27(2)34(30,31)15-7-5-6-13(10-15)20(29)22-12-18(28)23-21-24-19(25-26-21)16-9-8-14(32-3)11-17(16)33-4/h5-11H,12H2,1-4H3,(H,22,29)(H2,23,24,25,26,28). The normalized spacial score (nSPS) is 11.2. The lowest BCUT2D eigenvalue weighted by molar-refractivity contribution is -0.115. The molecule has 0 saturated heterocycles. The second kappa shape index (κ2) is 10.3. The van der Waals surface area contributed by atoms with E-state index in [0.717, 1.165) is 4.31 Å². The van der Waals surface area contributed by atoms with Crippen LogP contribution in [-0.4, -0.2) is 74.6 Å². The SMILES string of the molecule is COc1ccc(-c2nc(NC(=O)CNC(=O)c3cccc(S(=O)(=O)N(C)C)c3)n[nH]2)c(OC)c1. The fourth-order valence-corrected chi connectivity index (χ4v) is 3.82. The zero-order valence-electron chi connectivity index (χ0n) is 18.9. The maximum absolute atomic E-state index is 12.4. The minimum Gasteiger partial charge on any atom is -0.497 e. The number of benzene rings is 2. The highest BCUT2D eigenvalue weighted by Gasteiger charge is 2.19. The molecular weight excluding hydrogens is 464 g/mol. The molecule has 0 spiro atoms. The van der Waals surface area contributed by atoms with Crippen LogP contribution in [0.5, 0.6) is 11.5 Å². The number of sulfonamides is 1. The Morgan fingerprint density at radius 2 is 1.85 bits per heavy atom. The van der Waals surface area contributed by atoms with Crippen molar-refractivity contribution in [2.75, 3.05) is 40.2 Å². The van der Waals surface area contributed by atoms with Gasteiger partial charge in [-0.1, -0.05) is 6.07 Å². The number of nitrogens with one attached hydrogen (secondary N) is 3. The van der Waals surface area contributed by atoms with Gasteiger partial charge in [-0.3, -0.25) is 20.0 Å². The van der Waals surface area contributed by atoms with Crippen molar-refractivity contribution in [2.24, 2.45) is 0 Å². The fourth-order valence-electron chi connectivity index (χ4n) is 2.87. The van der Waals surface area contributed by atoms with E-state index in [9.17, 15) is 18.0 Å². The number of ether oxygens (including phenoxy) is 2. The first-order valence-electron chi connectivity index (χ1n) is 9.91. The number of H-pyrrole nitrogens is 1. The Hall–Kier alpha value is -3.97. The number of amides is 2. The third-order valence-corrected chi connectivity index (χ3v) is 6.50. The number of anilines is 1. The van der Waals surface area contributed by atoms with E-state index in [4.69, 9.17) is 9.47 Å². The molecule has 0 atom stereocenters. The number of rotatable bonds is 9. The molecule has 0 fully saturated rings. The van der Waals surface area contributed by atoms with Crippen molar-refractivity contribution < 1.29 is 27.5 Å². The lowest BCUT2D eigenvalue weighted by Gasteiger charge is -2.12. The van der Waals surface area contributed by atoms with Gasteiger partial charge in [0, 0.05) is 25.7 Å². The summed E-state index contributed by atoms with van der Waals surface area (Å²) < 4.78 is 36.1. The molecule has 1 heterocycles. The van der Waals surface area contributed by atoms with Crippen molar-refractivity contribution in [1.82, 2.24) is 24.8 Å². The van der Waals surface area contributed by atoms with Gasteiger partial charge < -0.3 is 14.8 Å². The lowest BCUT2D eigenvalue weighted by Crippen LogP contribution is -2.33. The first kappa shape index (κ1) is 24.7. The van der Waals surface area contributed by atoms with E-state index in [0.29, 0.717) is 22.9 Å². The minimum atomic E-state index is -3.70. The molecule has 2 aromatic carbocycles. The van der Waals surface area contributed by atoms with Crippen molar-refractivity contribution in [3.05, 3.63) is 48.0 Å². The van der Waals surface area contributed by atoms with E-state index in [-0.39, 0.29) is 23.0 Å². The summed E-state index contributed by atoms with van der Waals surface area (Å²) in [5.41, 5.74) is 0.708. The second-order valence-electron chi connectivity index (χ2n) is 7.12. The predicted molar refractivity (Wildman–Crippen MR) is 123 cm³/mol. The number of hydrogen-bond donors (Lipinski definition) is 3. The molecule has 0 bridgehead atoms. The Morgan fingerprint density at radius 3 is 2.53 bits per heavy atom. The lowest BCUT2D eigenvalue weighted by atomic mass is 10.2. The molecule has 0 unspecified atom stereocenters. The van der Waals surface area contributed by atoms with Gasteiger partial charge in [0.1, 0.15) is 11.5 Å². The van der Waals surface area contributed by atoms with Crippen LogP contribution in [0.15, 0.2) is 47.4 Å². The van der Waals surface area contributed by atoms with Gasteiger partial charge in [0.25, 0.3) is 5.91 Å². The van der Waals surface area contributed by atoms with Crippen LogP contribution < -0.4 is 20.1 Å². The number of aromatic amines is 1. The Labute approximate surface area is 196 Å². The van der Waals surface area contributed by atoms with Crippen LogP contribution in [0.2, 0.25) is 0 Å². The molecule has 3 aromatic rings. The molecule has 180 valence electrons. The predicted octanol–water partition coefficient (Wildman–Crippen LogP) is 1.11. The van der Waals surface area contributed by atoms with Gasteiger partial charge in [0.2, 0.25) is 21.9 Å². The fraction of sp³-hybridized carbons (Fsp3) is 0.238. The van der Waals surface area contributed by atoms with Gasteiger partial charge in [-0.05, 0) is 30.3 Å². The molecule has 0 aliphatic heterocycles. The van der Waals surface area contributed by atoms with Crippen LogP contribution in [0.3, 0.4) is 0 Å². The topological polar surface area (TPSA) is 156 Å². The second-order valence-corrected chi connectivity index (χ2v) is 9.27. The number of nitrogens with zero attached hydrogens (tertiary/aromatic N) is 3. The first-order chi connectivity index (χ1) is 16.1. The van der Waals surface area contributed by atoms with Crippen LogP contribution in [0, 0.1) is 0 Å². The molecule has 0 saturated carbocycles. The number of carbonyl (C=O) groups is 2. The Bertz CT molecular complexity index is 1300. The van der Waals surface area contributed by atoms with Gasteiger partial charge in [-0.15, -0.1) is 5.10 Å². The van der Waals surface area contributed by atoms with Gasteiger partial charge in [-0.25, -0.2) is 12.7 Å². The maximum Gasteiger partial charge on any atom is 0.251 e. The molecule has 3 N–H and O–H groups in total. The molecule has 1 aromatic heterocycles. The molecule has 13 heteroatoms. The van der Waals surface area contributed by atoms with E-state index in [1.54, 1.807) is 18.2 Å². The molecular formula is C21H24N6O6S. The van der Waals surface area contributed by atoms with Gasteiger partial charge >= 0.3 is 0 Å². The zero-order valence-corrected chi connectivity index (χ0v) is 19.8. The third kappa shape index (κ3) is 5.50. The average molecular weight is 489 g/mol. The highest BCUT2D eigenvalue weighted by atomic mass is 32.2. The van der Waals surface area contributed by atoms with Crippen molar-refractivity contribution in [3.8, 4) is 22.9 Å². The highest BCUT2D eigenvalue weighted by molar-refractivity contribution is 7.89. The Kier molecular flexibility index (Phi) is 7.48. The van der Waals surface area contributed by atoms with E-state index in [1.165, 1.54) is 52.6 Å². The molecule has 12 nitrogen and oxygen atoms in total. The monoisotopic (exact) mass is 488 g/mol. The average Bonchev–Trinajstić information content (AvgIpc) is 3.30. The number of hydrogen-bond acceptors (Lipinski definition) is 8. The minimum absolute atomic E-state index is 0.00574. The van der Waals surface area contributed by atoms with Crippen LogP contribution in [0.25, 0.3) is 11.4 Å². The van der Waals surface area contributed by atoms with Crippen LogP contribution >= 0.6 is 0 Å². The van der Waals surface area contributed by atoms with E-state index in [1.807, 2.05) is 0 Å². The van der Waals surface area contributed by atoms with Crippen LogP contribution in [-0.2, 0) is 14.8 Å². The molecule has 2 amide bonds. The summed E-state index contributed by atoms with van der Waals surface area (Å²) >= 11 is 0. The largest absolute Gasteiger partial charge is 0.497 e. The summed E-state index contributed by atoms with van der Waals surface area (Å²) in [5.74, 6) is 0.291. The van der Waals surface area contributed by atoms with Crippen molar-refractivity contribution in [2.45, 2.75) is 4.90 Å². The molecule has 34 heavy (non-hydrogen) atoms. The summed E-state index contributed by atoms with van der Waals surface area (Å²) in [7, 11) is 2.14. The number of carbonyl (C=O) groups excluding carboxylic acids is 2. The van der Waals surface area contributed by atoms with Gasteiger partial charge in [0.15, 0.2) is 5.82 Å². The Balaban J connectivity index is 1.63.